The Balaban J connectivity index is 1.69. The predicted molar refractivity (Wildman–Crippen MR) is 124 cm³/mol. The first-order valence-electron chi connectivity index (χ1n) is 8.39. The van der Waals surface area contributed by atoms with E-state index < -0.39 is 0 Å². The molecule has 146 valence electrons. The lowest BCUT2D eigenvalue weighted by Crippen LogP contribution is -2.22. The lowest BCUT2D eigenvalue weighted by atomic mass is 10.2. The van der Waals surface area contributed by atoms with E-state index in [1.54, 1.807) is 14.2 Å². The number of halogens is 1. The molecule has 1 amide bonds. The van der Waals surface area contributed by atoms with Gasteiger partial charge in [-0.15, -0.1) is 0 Å². The minimum atomic E-state index is -0.0950. The van der Waals surface area contributed by atoms with Gasteiger partial charge < -0.3 is 14.2 Å². The fraction of sp³-hybridized carbons (Fsp3) is 0.200. The first kappa shape index (κ1) is 20.9. The number of likely N-dealkylation sites (N-methyl/N-ethyl adjacent to an activating group) is 1. The number of methoxy groups -OCH3 is 1. The first-order chi connectivity index (χ1) is 13.5. The number of nitrogens with zero attached hydrogens (tertiary/aromatic N) is 1. The fourth-order valence-electron chi connectivity index (χ4n) is 2.48. The minimum absolute atomic E-state index is 0.0950. The Kier molecular flexibility index (Phi) is 7.19. The summed E-state index contributed by atoms with van der Waals surface area (Å²) in [5.41, 5.74) is 0.850. The first-order valence-corrected chi connectivity index (χ1v) is 10.7. The molecule has 28 heavy (non-hydrogen) atoms. The molecule has 5 nitrogen and oxygen atoms in total. The predicted octanol–water partition coefficient (Wildman–Crippen LogP) is 4.59. The van der Waals surface area contributed by atoms with Crippen molar-refractivity contribution in [3.05, 3.63) is 56.5 Å². The van der Waals surface area contributed by atoms with Crippen LogP contribution in [-0.2, 0) is 4.79 Å². The Bertz CT molecular complexity index is 918. The van der Waals surface area contributed by atoms with Crippen LogP contribution in [0.5, 0.6) is 17.2 Å². The van der Waals surface area contributed by atoms with Crippen molar-refractivity contribution in [2.75, 3.05) is 27.4 Å². The molecule has 1 fully saturated rings. The van der Waals surface area contributed by atoms with Gasteiger partial charge in [0, 0.05) is 7.05 Å². The number of carbonyl (C=O) groups is 1. The van der Waals surface area contributed by atoms with Crippen LogP contribution in [0.25, 0.3) is 6.08 Å². The summed E-state index contributed by atoms with van der Waals surface area (Å²) in [6.07, 6.45) is 1.82. The zero-order valence-corrected chi connectivity index (χ0v) is 19.1. The van der Waals surface area contributed by atoms with E-state index >= 15 is 0 Å². The Hall–Kier alpha value is -1.78. The van der Waals surface area contributed by atoms with Crippen LogP contribution < -0.4 is 14.2 Å². The van der Waals surface area contributed by atoms with Gasteiger partial charge in [0.1, 0.15) is 23.3 Å². The molecule has 2 aromatic rings. The van der Waals surface area contributed by atoms with Crippen LogP contribution in [0.1, 0.15) is 5.56 Å². The SMILES string of the molecule is COc1cc(/C=C2/SC(=S)N(C)C2=O)cc(I)c1OCCOc1ccccc1. The van der Waals surface area contributed by atoms with Gasteiger partial charge in [-0.05, 0) is 58.5 Å². The highest BCUT2D eigenvalue weighted by atomic mass is 127. The number of ether oxygens (including phenoxy) is 3. The Morgan fingerprint density at radius 1 is 1.18 bits per heavy atom. The third kappa shape index (κ3) is 4.98. The second-order valence-corrected chi connectivity index (χ2v) is 8.62. The molecule has 0 spiro atoms. The quantitative estimate of drug-likeness (QED) is 0.227. The molecule has 8 heteroatoms. The van der Waals surface area contributed by atoms with E-state index in [1.165, 1.54) is 16.7 Å². The van der Waals surface area contributed by atoms with Gasteiger partial charge in [0.15, 0.2) is 11.5 Å². The van der Waals surface area contributed by atoms with Crippen molar-refractivity contribution in [2.24, 2.45) is 0 Å². The zero-order valence-electron chi connectivity index (χ0n) is 15.3. The van der Waals surface area contributed by atoms with Gasteiger partial charge in [0.25, 0.3) is 5.91 Å². The van der Waals surface area contributed by atoms with Crippen LogP contribution in [0, 0.1) is 3.57 Å². The summed E-state index contributed by atoms with van der Waals surface area (Å²) in [4.78, 5) is 14.3. The number of carbonyl (C=O) groups excluding carboxylic acids is 1. The van der Waals surface area contributed by atoms with Gasteiger partial charge in [-0.3, -0.25) is 9.69 Å². The molecule has 0 aliphatic carbocycles. The van der Waals surface area contributed by atoms with E-state index in [-0.39, 0.29) is 5.91 Å². The molecule has 0 unspecified atom stereocenters. The third-order valence-corrected chi connectivity index (χ3v) is 6.16. The molecule has 0 N–H and O–H groups in total. The van der Waals surface area contributed by atoms with Crippen LogP contribution in [-0.4, -0.2) is 42.5 Å². The molecule has 1 heterocycles. The second kappa shape index (κ2) is 9.62. The average Bonchev–Trinajstić information content (AvgIpc) is 2.93. The Morgan fingerprint density at radius 3 is 2.54 bits per heavy atom. The smallest absolute Gasteiger partial charge is 0.265 e. The number of hydrogen-bond acceptors (Lipinski definition) is 6. The fourth-order valence-corrected chi connectivity index (χ4v) is 4.44. The standard InChI is InChI=1S/C20H18INO4S2/c1-22-19(23)17(28-20(22)27)12-13-10-15(21)18(16(11-13)24-2)26-9-8-25-14-6-4-3-5-7-14/h3-7,10-12H,8-9H2,1-2H3/b17-12+. The molecule has 3 rings (SSSR count). The van der Waals surface area contributed by atoms with Gasteiger partial charge >= 0.3 is 0 Å². The van der Waals surface area contributed by atoms with Gasteiger partial charge in [-0.2, -0.15) is 0 Å². The molecule has 1 aliphatic rings. The monoisotopic (exact) mass is 527 g/mol. The maximum atomic E-state index is 12.2. The Morgan fingerprint density at radius 2 is 1.89 bits per heavy atom. The average molecular weight is 527 g/mol. The molecule has 0 aromatic heterocycles. The molecule has 1 saturated heterocycles. The summed E-state index contributed by atoms with van der Waals surface area (Å²) in [7, 11) is 3.27. The number of amides is 1. The van der Waals surface area contributed by atoms with E-state index in [0.29, 0.717) is 33.9 Å². The molecule has 0 atom stereocenters. The number of thioether (sulfide) groups is 1. The molecule has 0 radical (unpaired) electrons. The van der Waals surface area contributed by atoms with Crippen molar-refractivity contribution in [1.29, 1.82) is 0 Å². The number of thiocarbonyl (C=S) groups is 1. The van der Waals surface area contributed by atoms with Crippen molar-refractivity contribution < 1.29 is 19.0 Å². The highest BCUT2D eigenvalue weighted by molar-refractivity contribution is 14.1. The highest BCUT2D eigenvalue weighted by Crippen LogP contribution is 2.37. The summed E-state index contributed by atoms with van der Waals surface area (Å²) in [5.74, 6) is 1.96. The number of para-hydroxylation sites is 1. The van der Waals surface area contributed by atoms with Gasteiger partial charge in [0.05, 0.1) is 15.6 Å². The summed E-state index contributed by atoms with van der Waals surface area (Å²) in [6, 6.07) is 13.4. The van der Waals surface area contributed by atoms with Crippen LogP contribution >= 0.6 is 46.6 Å². The maximum Gasteiger partial charge on any atom is 0.265 e. The van der Waals surface area contributed by atoms with E-state index in [9.17, 15) is 4.79 Å². The Labute approximate surface area is 187 Å². The van der Waals surface area contributed by atoms with E-state index in [4.69, 9.17) is 26.4 Å². The van der Waals surface area contributed by atoms with Crippen LogP contribution in [0.2, 0.25) is 0 Å². The number of hydrogen-bond donors (Lipinski definition) is 0. The summed E-state index contributed by atoms with van der Waals surface area (Å²) < 4.78 is 18.5. The third-order valence-electron chi connectivity index (χ3n) is 3.88. The van der Waals surface area contributed by atoms with Crippen molar-refractivity contribution >= 4 is 62.9 Å². The molecular weight excluding hydrogens is 509 g/mol. The maximum absolute atomic E-state index is 12.2. The van der Waals surface area contributed by atoms with Crippen LogP contribution in [0.3, 0.4) is 0 Å². The van der Waals surface area contributed by atoms with Gasteiger partial charge in [-0.1, -0.05) is 42.2 Å². The minimum Gasteiger partial charge on any atom is -0.493 e. The molecule has 0 bridgehead atoms. The van der Waals surface area contributed by atoms with E-state index in [2.05, 4.69) is 22.6 Å². The van der Waals surface area contributed by atoms with Gasteiger partial charge in [-0.25, -0.2) is 0 Å². The van der Waals surface area contributed by atoms with Crippen LogP contribution in [0.15, 0.2) is 47.4 Å². The lowest BCUT2D eigenvalue weighted by Gasteiger charge is -2.14. The largest absolute Gasteiger partial charge is 0.493 e. The molecule has 2 aromatic carbocycles. The summed E-state index contributed by atoms with van der Waals surface area (Å²) >= 11 is 8.66. The lowest BCUT2D eigenvalue weighted by molar-refractivity contribution is -0.121. The summed E-state index contributed by atoms with van der Waals surface area (Å²) in [5, 5.41) is 0. The molecule has 0 saturated carbocycles. The zero-order chi connectivity index (χ0) is 20.1. The van der Waals surface area contributed by atoms with Gasteiger partial charge in [0.2, 0.25) is 0 Å². The van der Waals surface area contributed by atoms with E-state index in [1.807, 2.05) is 48.5 Å². The second-order valence-electron chi connectivity index (χ2n) is 5.78. The van der Waals surface area contributed by atoms with Crippen LogP contribution in [0.4, 0.5) is 0 Å². The van der Waals surface area contributed by atoms with Crippen molar-refractivity contribution in [1.82, 2.24) is 4.90 Å². The van der Waals surface area contributed by atoms with Crippen molar-refractivity contribution in [2.45, 2.75) is 0 Å². The summed E-state index contributed by atoms with van der Waals surface area (Å²) in [6.45, 7) is 0.805. The number of benzene rings is 2. The molecular formula is C20H18INO4S2. The van der Waals surface area contributed by atoms with E-state index in [0.717, 1.165) is 14.9 Å². The van der Waals surface area contributed by atoms with Crippen molar-refractivity contribution in [3.8, 4) is 17.2 Å². The highest BCUT2D eigenvalue weighted by Gasteiger charge is 2.28. The normalized spacial score (nSPS) is 15.2. The topological polar surface area (TPSA) is 48.0 Å². The van der Waals surface area contributed by atoms with Crippen molar-refractivity contribution in [3.63, 3.8) is 0 Å². The molecule has 1 aliphatic heterocycles. The number of rotatable bonds is 7.